The number of benzene rings is 1. The van der Waals surface area contributed by atoms with E-state index in [9.17, 15) is 15.0 Å². The zero-order valence-corrected chi connectivity index (χ0v) is 12.3. The number of rotatable bonds is 8. The van der Waals surface area contributed by atoms with Crippen LogP contribution in [0, 0.1) is 0 Å². The van der Waals surface area contributed by atoms with Gasteiger partial charge in [0.2, 0.25) is 0 Å². The van der Waals surface area contributed by atoms with E-state index in [1.54, 1.807) is 38.1 Å². The first-order valence-electron chi connectivity index (χ1n) is 6.91. The van der Waals surface area contributed by atoms with E-state index in [0.717, 1.165) is 0 Å². The molecule has 4 atom stereocenters. The van der Waals surface area contributed by atoms with Crippen molar-refractivity contribution in [3.05, 3.63) is 35.9 Å². The van der Waals surface area contributed by atoms with E-state index in [4.69, 9.17) is 9.84 Å². The fourth-order valence-electron chi connectivity index (χ4n) is 1.84. The third kappa shape index (κ3) is 5.81. The Balaban J connectivity index is 2.37. The maximum Gasteiger partial charge on any atom is 0.251 e. The number of nitrogens with one attached hydrogen (secondary N) is 1. The average Bonchev–Trinajstić information content (AvgIpc) is 2.51. The zero-order chi connectivity index (χ0) is 15.8. The summed E-state index contributed by atoms with van der Waals surface area (Å²) < 4.78 is 5.49. The second kappa shape index (κ2) is 8.74. The van der Waals surface area contributed by atoms with Crippen molar-refractivity contribution in [2.24, 2.45) is 0 Å². The topological polar surface area (TPSA) is 99.0 Å². The Labute approximate surface area is 124 Å². The van der Waals surface area contributed by atoms with Crippen LogP contribution in [0.4, 0.5) is 0 Å². The lowest BCUT2D eigenvalue weighted by Crippen LogP contribution is -2.42. The highest BCUT2D eigenvalue weighted by Gasteiger charge is 2.24. The summed E-state index contributed by atoms with van der Waals surface area (Å²) in [6, 6.07) is 8.82. The molecule has 4 N–H and O–H groups in total. The summed E-state index contributed by atoms with van der Waals surface area (Å²) >= 11 is 0. The molecule has 1 aromatic rings. The minimum Gasteiger partial charge on any atom is -0.394 e. The van der Waals surface area contributed by atoms with Crippen molar-refractivity contribution < 1.29 is 24.9 Å². The Hall–Kier alpha value is -1.47. The van der Waals surface area contributed by atoms with E-state index in [2.05, 4.69) is 5.32 Å². The van der Waals surface area contributed by atoms with E-state index >= 15 is 0 Å². The maximum atomic E-state index is 11.8. The standard InChI is InChI=1S/C15H23NO5/c1-10(21-11(2)14(19)13(18)9-17)8-16-15(20)12-6-4-3-5-7-12/h3-7,10-11,13-14,17-19H,8-9H2,1-2H3,(H,16,20)/t10-,11?,13+,14?/m0/s1. The molecule has 1 rings (SSSR count). The SMILES string of the molecule is CC(O[C@@H](C)CNC(=O)c1ccccc1)C(O)[C@H](O)CO. The van der Waals surface area contributed by atoms with E-state index in [0.29, 0.717) is 5.56 Å². The molecular weight excluding hydrogens is 274 g/mol. The van der Waals surface area contributed by atoms with E-state index in [1.807, 2.05) is 6.07 Å². The van der Waals surface area contributed by atoms with Crippen molar-refractivity contribution in [2.75, 3.05) is 13.2 Å². The molecule has 6 heteroatoms. The van der Waals surface area contributed by atoms with Gasteiger partial charge < -0.3 is 25.4 Å². The lowest BCUT2D eigenvalue weighted by atomic mass is 10.1. The average molecular weight is 297 g/mol. The second-order valence-electron chi connectivity index (χ2n) is 4.97. The van der Waals surface area contributed by atoms with Gasteiger partial charge in [-0.05, 0) is 26.0 Å². The highest BCUT2D eigenvalue weighted by Crippen LogP contribution is 2.07. The van der Waals surface area contributed by atoms with Crippen molar-refractivity contribution in [3.8, 4) is 0 Å². The van der Waals surface area contributed by atoms with Crippen LogP contribution in [0.5, 0.6) is 0 Å². The molecule has 0 radical (unpaired) electrons. The number of amides is 1. The Kier molecular flexibility index (Phi) is 7.31. The Bertz CT molecular complexity index is 425. The van der Waals surface area contributed by atoms with Gasteiger partial charge in [-0.2, -0.15) is 0 Å². The van der Waals surface area contributed by atoms with Crippen LogP contribution < -0.4 is 5.32 Å². The summed E-state index contributed by atoms with van der Waals surface area (Å²) in [6.07, 6.45) is -3.42. The summed E-state index contributed by atoms with van der Waals surface area (Å²) in [5, 5.41) is 30.5. The third-order valence-electron chi connectivity index (χ3n) is 3.10. The molecule has 6 nitrogen and oxygen atoms in total. The molecule has 21 heavy (non-hydrogen) atoms. The fourth-order valence-corrected chi connectivity index (χ4v) is 1.84. The normalized spacial score (nSPS) is 16.8. The summed E-state index contributed by atoms with van der Waals surface area (Å²) in [5.74, 6) is -0.199. The number of ether oxygens (including phenoxy) is 1. The Morgan fingerprint density at radius 2 is 1.86 bits per heavy atom. The second-order valence-corrected chi connectivity index (χ2v) is 4.97. The highest BCUT2D eigenvalue weighted by atomic mass is 16.5. The molecule has 0 aromatic heterocycles. The first-order chi connectivity index (χ1) is 9.95. The predicted octanol–water partition coefficient (Wildman–Crippen LogP) is -0.0759. The molecule has 0 bridgehead atoms. The van der Waals surface area contributed by atoms with Gasteiger partial charge in [-0.25, -0.2) is 0 Å². The highest BCUT2D eigenvalue weighted by molar-refractivity contribution is 5.94. The zero-order valence-electron chi connectivity index (χ0n) is 12.3. The van der Waals surface area contributed by atoms with Crippen molar-refractivity contribution >= 4 is 5.91 Å². The summed E-state index contributed by atoms with van der Waals surface area (Å²) in [7, 11) is 0. The van der Waals surface area contributed by atoms with Crippen LogP contribution >= 0.6 is 0 Å². The largest absolute Gasteiger partial charge is 0.394 e. The van der Waals surface area contributed by atoms with Crippen molar-refractivity contribution in [2.45, 2.75) is 38.3 Å². The van der Waals surface area contributed by atoms with Crippen LogP contribution in [-0.2, 0) is 4.74 Å². The first kappa shape index (κ1) is 17.6. The van der Waals surface area contributed by atoms with Gasteiger partial charge in [-0.1, -0.05) is 18.2 Å². The number of hydrogen-bond donors (Lipinski definition) is 4. The van der Waals surface area contributed by atoms with Gasteiger partial charge in [0.15, 0.2) is 0 Å². The van der Waals surface area contributed by atoms with Gasteiger partial charge in [-0.15, -0.1) is 0 Å². The molecule has 0 aliphatic rings. The molecule has 0 saturated heterocycles. The van der Waals surface area contributed by atoms with Crippen LogP contribution in [0.25, 0.3) is 0 Å². The fraction of sp³-hybridized carbons (Fsp3) is 0.533. The van der Waals surface area contributed by atoms with Gasteiger partial charge in [0.25, 0.3) is 5.91 Å². The monoisotopic (exact) mass is 297 g/mol. The van der Waals surface area contributed by atoms with E-state index in [-0.39, 0.29) is 18.6 Å². The maximum absolute atomic E-state index is 11.8. The van der Waals surface area contributed by atoms with Crippen molar-refractivity contribution in [1.82, 2.24) is 5.32 Å². The number of aliphatic hydroxyl groups is 3. The molecule has 0 spiro atoms. The van der Waals surface area contributed by atoms with Crippen LogP contribution in [0.2, 0.25) is 0 Å². The van der Waals surface area contributed by atoms with Crippen LogP contribution in [0.1, 0.15) is 24.2 Å². The first-order valence-corrected chi connectivity index (χ1v) is 6.91. The molecule has 1 amide bonds. The summed E-state index contributed by atoms with van der Waals surface area (Å²) in [6.45, 7) is 3.09. The predicted molar refractivity (Wildman–Crippen MR) is 77.9 cm³/mol. The minimum absolute atomic E-state index is 0.199. The quantitative estimate of drug-likeness (QED) is 0.538. The van der Waals surface area contributed by atoms with E-state index < -0.39 is 24.9 Å². The van der Waals surface area contributed by atoms with Gasteiger partial charge >= 0.3 is 0 Å². The van der Waals surface area contributed by atoms with Gasteiger partial charge in [0, 0.05) is 12.1 Å². The lowest BCUT2D eigenvalue weighted by Gasteiger charge is -2.26. The molecule has 0 aliphatic carbocycles. The minimum atomic E-state index is -1.24. The smallest absolute Gasteiger partial charge is 0.251 e. The van der Waals surface area contributed by atoms with Gasteiger partial charge in [0.05, 0.1) is 18.8 Å². The number of carbonyl (C=O) groups excluding carboxylic acids is 1. The number of aliphatic hydroxyl groups excluding tert-OH is 3. The lowest BCUT2D eigenvalue weighted by molar-refractivity contribution is -0.112. The van der Waals surface area contributed by atoms with Crippen LogP contribution in [-0.4, -0.2) is 58.8 Å². The summed E-state index contributed by atoms with van der Waals surface area (Å²) in [5.41, 5.74) is 0.563. The van der Waals surface area contributed by atoms with Gasteiger partial charge in [0.1, 0.15) is 12.2 Å². The van der Waals surface area contributed by atoms with Crippen molar-refractivity contribution in [3.63, 3.8) is 0 Å². The molecule has 118 valence electrons. The summed E-state index contributed by atoms with van der Waals surface area (Å²) in [4.78, 5) is 11.8. The van der Waals surface area contributed by atoms with Crippen LogP contribution in [0.15, 0.2) is 30.3 Å². The Morgan fingerprint density at radius 3 is 2.43 bits per heavy atom. The van der Waals surface area contributed by atoms with E-state index in [1.165, 1.54) is 0 Å². The Morgan fingerprint density at radius 1 is 1.24 bits per heavy atom. The van der Waals surface area contributed by atoms with Crippen LogP contribution in [0.3, 0.4) is 0 Å². The third-order valence-corrected chi connectivity index (χ3v) is 3.10. The molecule has 2 unspecified atom stereocenters. The van der Waals surface area contributed by atoms with Crippen molar-refractivity contribution in [1.29, 1.82) is 0 Å². The molecule has 0 fully saturated rings. The molecule has 0 heterocycles. The van der Waals surface area contributed by atoms with Gasteiger partial charge in [-0.3, -0.25) is 4.79 Å². The molecule has 1 aromatic carbocycles. The molecule has 0 saturated carbocycles. The molecular formula is C15H23NO5. The number of hydrogen-bond acceptors (Lipinski definition) is 5. The molecule has 0 aliphatic heterocycles. The number of carbonyl (C=O) groups is 1.